The second kappa shape index (κ2) is 6.66. The van der Waals surface area contributed by atoms with Crippen molar-refractivity contribution < 1.29 is 9.47 Å². The fourth-order valence-electron chi connectivity index (χ4n) is 3.23. The summed E-state index contributed by atoms with van der Waals surface area (Å²) in [6.07, 6.45) is 10.4. The van der Waals surface area contributed by atoms with Crippen molar-refractivity contribution in [3.63, 3.8) is 0 Å². The molecule has 4 rings (SSSR count). The molecule has 1 atom stereocenters. The van der Waals surface area contributed by atoms with E-state index in [1.165, 1.54) is 0 Å². The molecule has 8 heteroatoms. The van der Waals surface area contributed by atoms with Gasteiger partial charge in [-0.3, -0.25) is 9.97 Å². The molecule has 2 aliphatic rings. The molecule has 2 fully saturated rings. The third kappa shape index (κ3) is 3.15. The highest BCUT2D eigenvalue weighted by Gasteiger charge is 2.41. The molecule has 126 valence electrons. The molecule has 1 unspecified atom stereocenters. The third-order valence-corrected chi connectivity index (χ3v) is 4.35. The molecule has 0 bridgehead atoms. The van der Waals surface area contributed by atoms with E-state index in [4.69, 9.17) is 9.47 Å². The minimum atomic E-state index is -0.413. The van der Waals surface area contributed by atoms with Crippen molar-refractivity contribution in [2.75, 3.05) is 55.8 Å². The predicted molar refractivity (Wildman–Crippen MR) is 88.0 cm³/mol. The van der Waals surface area contributed by atoms with Crippen molar-refractivity contribution in [1.29, 1.82) is 0 Å². The quantitative estimate of drug-likeness (QED) is 0.783. The van der Waals surface area contributed by atoms with Crippen molar-refractivity contribution >= 4 is 11.6 Å². The molecule has 0 saturated carbocycles. The van der Waals surface area contributed by atoms with Crippen LogP contribution < -0.4 is 9.80 Å². The summed E-state index contributed by atoms with van der Waals surface area (Å²) in [5.74, 6) is 1.72. The minimum Gasteiger partial charge on any atom is -0.376 e. The van der Waals surface area contributed by atoms with Gasteiger partial charge in [0.25, 0.3) is 0 Å². The Morgan fingerprint density at radius 1 is 0.833 bits per heavy atom. The van der Waals surface area contributed by atoms with Crippen LogP contribution in [0.2, 0.25) is 0 Å². The van der Waals surface area contributed by atoms with Crippen LogP contribution in [-0.2, 0) is 9.47 Å². The lowest BCUT2D eigenvalue weighted by Gasteiger charge is -2.43. The lowest BCUT2D eigenvalue weighted by molar-refractivity contribution is -0.0897. The van der Waals surface area contributed by atoms with Gasteiger partial charge in [-0.25, -0.2) is 9.97 Å². The van der Waals surface area contributed by atoms with E-state index in [0.717, 1.165) is 24.7 Å². The van der Waals surface area contributed by atoms with E-state index in [2.05, 4.69) is 29.7 Å². The van der Waals surface area contributed by atoms with Crippen molar-refractivity contribution in [2.45, 2.75) is 5.60 Å². The maximum absolute atomic E-state index is 6.19. The lowest BCUT2D eigenvalue weighted by Crippen LogP contribution is -2.59. The van der Waals surface area contributed by atoms with Gasteiger partial charge in [0.1, 0.15) is 17.2 Å². The standard InChI is InChI=1S/C16H20N6O2/c1-3-19-14(9-17-1)21-5-7-23-13-16(11-21)12-22(6-8-24-16)15-10-18-2-4-20-15/h1-4,9-10H,5-8,11-13H2. The maximum Gasteiger partial charge on any atom is 0.147 e. The Bertz CT molecular complexity index is 658. The molecule has 0 amide bonds. The topological polar surface area (TPSA) is 76.5 Å². The summed E-state index contributed by atoms with van der Waals surface area (Å²) in [5, 5.41) is 0. The van der Waals surface area contributed by atoms with Gasteiger partial charge in [-0.1, -0.05) is 0 Å². The minimum absolute atomic E-state index is 0.413. The van der Waals surface area contributed by atoms with Crippen LogP contribution in [0.1, 0.15) is 0 Å². The van der Waals surface area contributed by atoms with Gasteiger partial charge in [-0.05, 0) is 0 Å². The van der Waals surface area contributed by atoms with E-state index in [1.54, 1.807) is 37.2 Å². The Labute approximate surface area is 140 Å². The molecular formula is C16H20N6O2. The van der Waals surface area contributed by atoms with Gasteiger partial charge in [0.15, 0.2) is 0 Å². The lowest BCUT2D eigenvalue weighted by atomic mass is 10.0. The Morgan fingerprint density at radius 3 is 2.04 bits per heavy atom. The number of nitrogens with zero attached hydrogens (tertiary/aromatic N) is 6. The molecule has 1 spiro atoms. The summed E-state index contributed by atoms with van der Waals surface area (Å²) in [6, 6.07) is 0. The fourth-order valence-corrected chi connectivity index (χ4v) is 3.23. The smallest absolute Gasteiger partial charge is 0.147 e. The highest BCUT2D eigenvalue weighted by Crippen LogP contribution is 2.26. The zero-order chi connectivity index (χ0) is 16.2. The van der Waals surface area contributed by atoms with Gasteiger partial charge in [-0.2, -0.15) is 0 Å². The van der Waals surface area contributed by atoms with Crippen LogP contribution >= 0.6 is 0 Å². The van der Waals surface area contributed by atoms with Crippen molar-refractivity contribution in [3.8, 4) is 0 Å². The Morgan fingerprint density at radius 2 is 1.46 bits per heavy atom. The molecule has 0 N–H and O–H groups in total. The van der Waals surface area contributed by atoms with Crippen molar-refractivity contribution in [2.24, 2.45) is 0 Å². The first-order valence-corrected chi connectivity index (χ1v) is 8.08. The van der Waals surface area contributed by atoms with Gasteiger partial charge >= 0.3 is 0 Å². The number of ether oxygens (including phenoxy) is 2. The Balaban J connectivity index is 1.56. The number of rotatable bonds is 2. The largest absolute Gasteiger partial charge is 0.376 e. The first-order chi connectivity index (χ1) is 11.8. The van der Waals surface area contributed by atoms with Gasteiger partial charge < -0.3 is 19.3 Å². The zero-order valence-corrected chi connectivity index (χ0v) is 13.4. The summed E-state index contributed by atoms with van der Waals surface area (Å²) in [4.78, 5) is 21.6. The highest BCUT2D eigenvalue weighted by molar-refractivity contribution is 5.39. The summed E-state index contributed by atoms with van der Waals surface area (Å²) in [7, 11) is 0. The molecule has 2 aromatic heterocycles. The van der Waals surface area contributed by atoms with Crippen molar-refractivity contribution in [3.05, 3.63) is 37.2 Å². The number of morpholine rings is 1. The number of aromatic nitrogens is 4. The van der Waals surface area contributed by atoms with Gasteiger partial charge in [-0.15, -0.1) is 0 Å². The maximum atomic E-state index is 6.19. The fraction of sp³-hybridized carbons (Fsp3) is 0.500. The predicted octanol–water partition coefficient (Wildman–Crippen LogP) is 0.379. The van der Waals surface area contributed by atoms with Crippen LogP contribution in [-0.4, -0.2) is 71.5 Å². The monoisotopic (exact) mass is 328 g/mol. The molecule has 0 aromatic carbocycles. The van der Waals surface area contributed by atoms with Crippen LogP contribution in [0, 0.1) is 0 Å². The summed E-state index contributed by atoms with van der Waals surface area (Å²) in [5.41, 5.74) is -0.413. The Hall–Kier alpha value is -2.32. The molecule has 4 heterocycles. The number of hydrogen-bond acceptors (Lipinski definition) is 8. The third-order valence-electron chi connectivity index (χ3n) is 4.35. The van der Waals surface area contributed by atoms with Crippen LogP contribution in [0.5, 0.6) is 0 Å². The van der Waals surface area contributed by atoms with Crippen LogP contribution in [0.15, 0.2) is 37.2 Å². The molecule has 2 aliphatic heterocycles. The zero-order valence-electron chi connectivity index (χ0n) is 13.4. The summed E-state index contributed by atoms with van der Waals surface area (Å²) >= 11 is 0. The van der Waals surface area contributed by atoms with E-state index < -0.39 is 5.60 Å². The van der Waals surface area contributed by atoms with E-state index in [9.17, 15) is 0 Å². The summed E-state index contributed by atoms with van der Waals surface area (Å²) < 4.78 is 12.0. The van der Waals surface area contributed by atoms with Crippen LogP contribution in [0.25, 0.3) is 0 Å². The first-order valence-electron chi connectivity index (χ1n) is 8.08. The van der Waals surface area contributed by atoms with Gasteiger partial charge in [0, 0.05) is 37.9 Å². The average Bonchev–Trinajstić information content (AvgIpc) is 2.86. The second-order valence-electron chi connectivity index (χ2n) is 6.05. The molecule has 0 aliphatic carbocycles. The van der Waals surface area contributed by atoms with E-state index in [0.29, 0.717) is 32.9 Å². The number of anilines is 2. The van der Waals surface area contributed by atoms with E-state index in [-0.39, 0.29) is 0 Å². The highest BCUT2D eigenvalue weighted by atomic mass is 16.5. The normalized spacial score (nSPS) is 24.8. The van der Waals surface area contributed by atoms with E-state index >= 15 is 0 Å². The second-order valence-corrected chi connectivity index (χ2v) is 6.05. The van der Waals surface area contributed by atoms with Gasteiger partial charge in [0.05, 0.1) is 45.3 Å². The SMILES string of the molecule is c1cnc(N2CCOCC3(C2)CN(c2cnccn2)CCO3)cn1. The molecular weight excluding hydrogens is 308 g/mol. The average molecular weight is 328 g/mol. The summed E-state index contributed by atoms with van der Waals surface area (Å²) in [6.45, 7) is 4.83. The molecule has 2 aromatic rings. The van der Waals surface area contributed by atoms with Crippen LogP contribution in [0.4, 0.5) is 11.6 Å². The Kier molecular flexibility index (Phi) is 4.22. The molecule has 8 nitrogen and oxygen atoms in total. The van der Waals surface area contributed by atoms with Crippen molar-refractivity contribution in [1.82, 2.24) is 19.9 Å². The first kappa shape index (κ1) is 15.2. The van der Waals surface area contributed by atoms with Gasteiger partial charge in [0.2, 0.25) is 0 Å². The molecule has 0 radical (unpaired) electrons. The molecule has 2 saturated heterocycles. The van der Waals surface area contributed by atoms with E-state index in [1.807, 2.05) is 0 Å². The molecule has 24 heavy (non-hydrogen) atoms. The number of hydrogen-bond donors (Lipinski definition) is 0. The van der Waals surface area contributed by atoms with Crippen LogP contribution in [0.3, 0.4) is 0 Å².